The summed E-state index contributed by atoms with van der Waals surface area (Å²) in [6.45, 7) is 4.69. The fourth-order valence-corrected chi connectivity index (χ4v) is 10.5. The second-order valence-corrected chi connectivity index (χ2v) is 18.2. The summed E-state index contributed by atoms with van der Waals surface area (Å²) in [4.78, 5) is 4.69. The lowest BCUT2D eigenvalue weighted by Crippen LogP contribution is -2.16. The number of benzene rings is 10. The van der Waals surface area contributed by atoms with Crippen molar-refractivity contribution < 1.29 is 9.47 Å². The Morgan fingerprint density at radius 3 is 1.46 bits per heavy atom. The number of anilines is 6. The van der Waals surface area contributed by atoms with Crippen molar-refractivity contribution in [1.82, 2.24) is 4.57 Å². The van der Waals surface area contributed by atoms with E-state index in [1.165, 1.54) is 22.3 Å². The van der Waals surface area contributed by atoms with Gasteiger partial charge in [-0.1, -0.05) is 135 Å². The molecular formula is C63H45N3O2. The van der Waals surface area contributed by atoms with Crippen molar-refractivity contribution >= 4 is 55.9 Å². The lowest BCUT2D eigenvalue weighted by Gasteiger charge is -2.29. The molecule has 0 atom stereocenters. The maximum Gasteiger partial charge on any atom is 0.172 e. The lowest BCUT2D eigenvalue weighted by molar-refractivity contribution is 0.360. The van der Waals surface area contributed by atoms with Gasteiger partial charge in [-0.15, -0.1) is 0 Å². The molecule has 0 saturated heterocycles. The van der Waals surface area contributed by atoms with Crippen LogP contribution in [0.4, 0.5) is 34.1 Å². The first-order valence-electron chi connectivity index (χ1n) is 23.2. The zero-order chi connectivity index (χ0) is 45.3. The van der Waals surface area contributed by atoms with Gasteiger partial charge < -0.3 is 23.8 Å². The van der Waals surface area contributed by atoms with Gasteiger partial charge in [0.25, 0.3) is 0 Å². The molecule has 1 aliphatic heterocycles. The standard InChI is InChI=1S/C63H45N3O2/c1-63(2)55-21-11-9-19-51(55)52-38-37-50(39-56(52)63)65(48-35-33-47(34-36-48)64(44-15-5-3-6-16-44)45-17-7-4-8-18-45)46-29-25-42(26-30-46)43-27-31-49(32-28-43)66-57-22-12-10-20-53(57)54-40-61-62(41-58(54)66)68-60-24-14-13-23-59(60)67-61/h3-41H,1-2H3. The zero-order valence-electron chi connectivity index (χ0n) is 37.7. The minimum absolute atomic E-state index is 0.133. The number of aromatic nitrogens is 1. The van der Waals surface area contributed by atoms with E-state index < -0.39 is 0 Å². The summed E-state index contributed by atoms with van der Waals surface area (Å²) < 4.78 is 15.0. The van der Waals surface area contributed by atoms with E-state index in [9.17, 15) is 0 Å². The van der Waals surface area contributed by atoms with Crippen molar-refractivity contribution in [2.75, 3.05) is 9.80 Å². The summed E-state index contributed by atoms with van der Waals surface area (Å²) in [7, 11) is 0. The molecule has 11 aromatic rings. The smallest absolute Gasteiger partial charge is 0.172 e. The Hall–Kier alpha value is -8.80. The van der Waals surface area contributed by atoms with Crippen LogP contribution in [0.5, 0.6) is 23.0 Å². The molecular weight excluding hydrogens is 831 g/mol. The SMILES string of the molecule is CC1(C)c2ccccc2-c2ccc(N(c3ccc(-c4ccc(-n5c6ccccc6c6cc7c(cc65)Oc5ccccc5O7)cc4)cc3)c3ccc(N(c4ccccc4)c4ccccc4)cc3)cc21. The third-order valence-electron chi connectivity index (χ3n) is 13.8. The number of nitrogens with zero attached hydrogens (tertiary/aromatic N) is 3. The lowest BCUT2D eigenvalue weighted by atomic mass is 9.82. The van der Waals surface area contributed by atoms with Crippen LogP contribution in [0.25, 0.3) is 49.7 Å². The number of ether oxygens (including phenoxy) is 2. The van der Waals surface area contributed by atoms with Crippen LogP contribution in [-0.2, 0) is 5.41 Å². The van der Waals surface area contributed by atoms with Gasteiger partial charge >= 0.3 is 0 Å². The largest absolute Gasteiger partial charge is 0.449 e. The Bertz CT molecular complexity index is 3650. The van der Waals surface area contributed by atoms with Crippen LogP contribution in [0.1, 0.15) is 25.0 Å². The molecule has 10 aromatic carbocycles. The van der Waals surface area contributed by atoms with Gasteiger partial charge in [-0.3, -0.25) is 0 Å². The maximum atomic E-state index is 6.38. The monoisotopic (exact) mass is 875 g/mol. The van der Waals surface area contributed by atoms with E-state index in [1.807, 2.05) is 24.3 Å². The van der Waals surface area contributed by atoms with Gasteiger partial charge in [0.1, 0.15) is 0 Å². The Labute approximate surface area is 396 Å². The molecule has 0 bridgehead atoms. The topological polar surface area (TPSA) is 29.9 Å². The fraction of sp³-hybridized carbons (Fsp3) is 0.0476. The summed E-state index contributed by atoms with van der Waals surface area (Å²) in [6.07, 6.45) is 0. The van der Waals surface area contributed by atoms with E-state index in [4.69, 9.17) is 9.47 Å². The van der Waals surface area contributed by atoms with Gasteiger partial charge in [0.15, 0.2) is 23.0 Å². The molecule has 1 aromatic heterocycles. The Kier molecular flexibility index (Phi) is 9.12. The number of fused-ring (bicyclic) bond motifs is 8. The second-order valence-electron chi connectivity index (χ2n) is 18.2. The average molecular weight is 876 g/mol. The van der Waals surface area contributed by atoms with E-state index in [1.54, 1.807) is 0 Å². The second kappa shape index (κ2) is 15.7. The highest BCUT2D eigenvalue weighted by molar-refractivity contribution is 6.10. The number of rotatable bonds is 8. The third-order valence-corrected chi connectivity index (χ3v) is 13.8. The number of hydrogen-bond acceptors (Lipinski definition) is 4. The first-order chi connectivity index (χ1) is 33.5. The molecule has 324 valence electrons. The normalized spacial score (nSPS) is 12.9. The van der Waals surface area contributed by atoms with Gasteiger partial charge in [0.05, 0.1) is 11.0 Å². The van der Waals surface area contributed by atoms with E-state index in [2.05, 4.69) is 241 Å². The van der Waals surface area contributed by atoms with E-state index in [-0.39, 0.29) is 5.41 Å². The van der Waals surface area contributed by atoms with Crippen molar-refractivity contribution in [2.45, 2.75) is 19.3 Å². The molecule has 0 N–H and O–H groups in total. The van der Waals surface area contributed by atoms with Crippen LogP contribution in [0.3, 0.4) is 0 Å². The molecule has 2 heterocycles. The molecule has 2 aliphatic rings. The molecule has 1 aliphatic carbocycles. The van der Waals surface area contributed by atoms with Crippen molar-refractivity contribution in [3.63, 3.8) is 0 Å². The minimum atomic E-state index is -0.133. The molecule has 13 rings (SSSR count). The highest BCUT2D eigenvalue weighted by Gasteiger charge is 2.36. The summed E-state index contributed by atoms with van der Waals surface area (Å²) in [5.74, 6) is 2.87. The summed E-state index contributed by atoms with van der Waals surface area (Å²) in [6, 6.07) is 84.4. The average Bonchev–Trinajstić information content (AvgIpc) is 3.83. The molecule has 0 spiro atoms. The summed E-state index contributed by atoms with van der Waals surface area (Å²) in [5.41, 5.74) is 17.3. The van der Waals surface area contributed by atoms with Gasteiger partial charge in [0.2, 0.25) is 0 Å². The Balaban J connectivity index is 0.866. The molecule has 0 fully saturated rings. The predicted molar refractivity (Wildman–Crippen MR) is 280 cm³/mol. The van der Waals surface area contributed by atoms with Crippen LogP contribution in [-0.4, -0.2) is 4.57 Å². The highest BCUT2D eigenvalue weighted by Crippen LogP contribution is 2.52. The van der Waals surface area contributed by atoms with E-state index >= 15 is 0 Å². The van der Waals surface area contributed by atoms with Crippen molar-refractivity contribution in [3.05, 3.63) is 248 Å². The molecule has 0 radical (unpaired) electrons. The van der Waals surface area contributed by atoms with Gasteiger partial charge in [-0.25, -0.2) is 0 Å². The van der Waals surface area contributed by atoms with Gasteiger partial charge in [-0.2, -0.15) is 0 Å². The Morgan fingerprint density at radius 2 is 0.809 bits per heavy atom. The molecule has 0 saturated carbocycles. The van der Waals surface area contributed by atoms with E-state index in [0.717, 1.165) is 90.0 Å². The van der Waals surface area contributed by atoms with Crippen LogP contribution < -0.4 is 19.3 Å². The van der Waals surface area contributed by atoms with Crippen molar-refractivity contribution in [1.29, 1.82) is 0 Å². The predicted octanol–water partition coefficient (Wildman–Crippen LogP) is 17.6. The molecule has 5 nitrogen and oxygen atoms in total. The van der Waals surface area contributed by atoms with Crippen LogP contribution in [0.2, 0.25) is 0 Å². The van der Waals surface area contributed by atoms with Crippen molar-refractivity contribution in [2.24, 2.45) is 0 Å². The summed E-state index contributed by atoms with van der Waals surface area (Å²) in [5, 5.41) is 2.27. The van der Waals surface area contributed by atoms with E-state index in [0.29, 0.717) is 5.75 Å². The van der Waals surface area contributed by atoms with Gasteiger partial charge in [-0.05, 0) is 143 Å². The van der Waals surface area contributed by atoms with Gasteiger partial charge in [0, 0.05) is 62.1 Å². The fourth-order valence-electron chi connectivity index (χ4n) is 10.5. The molecule has 0 amide bonds. The third kappa shape index (κ3) is 6.46. The number of hydrogen-bond donors (Lipinski definition) is 0. The zero-order valence-corrected chi connectivity index (χ0v) is 37.7. The minimum Gasteiger partial charge on any atom is -0.449 e. The molecule has 0 unspecified atom stereocenters. The van der Waals surface area contributed by atoms with Crippen LogP contribution >= 0.6 is 0 Å². The molecule has 5 heteroatoms. The Morgan fingerprint density at radius 1 is 0.338 bits per heavy atom. The first kappa shape index (κ1) is 39.6. The highest BCUT2D eigenvalue weighted by atomic mass is 16.6. The quantitative estimate of drug-likeness (QED) is 0.152. The molecule has 68 heavy (non-hydrogen) atoms. The number of para-hydroxylation sites is 5. The first-order valence-corrected chi connectivity index (χ1v) is 23.2. The summed E-state index contributed by atoms with van der Waals surface area (Å²) >= 11 is 0. The van der Waals surface area contributed by atoms with Crippen molar-refractivity contribution in [3.8, 4) is 50.9 Å². The van der Waals surface area contributed by atoms with Crippen LogP contribution in [0, 0.1) is 0 Å². The maximum absolute atomic E-state index is 6.38. The van der Waals surface area contributed by atoms with Crippen LogP contribution in [0.15, 0.2) is 237 Å².